The van der Waals surface area contributed by atoms with Gasteiger partial charge in [0.05, 0.1) is 11.6 Å². The number of allylic oxidation sites excluding steroid dienone is 1. The Hall–Kier alpha value is -2.86. The van der Waals surface area contributed by atoms with E-state index in [4.69, 9.17) is 0 Å². The number of hydrogen-bond acceptors (Lipinski definition) is 1. The molecule has 102 valence electrons. The Morgan fingerprint density at radius 1 is 1.14 bits per heavy atom. The highest BCUT2D eigenvalue weighted by Crippen LogP contribution is 2.27. The van der Waals surface area contributed by atoms with E-state index in [9.17, 15) is 9.65 Å². The Kier molecular flexibility index (Phi) is 3.29. The van der Waals surface area contributed by atoms with E-state index in [1.165, 1.54) is 12.1 Å². The average molecular weight is 276 g/mol. The van der Waals surface area contributed by atoms with Crippen LogP contribution in [0.15, 0.2) is 54.7 Å². The minimum atomic E-state index is -0.282. The highest BCUT2D eigenvalue weighted by Gasteiger charge is 2.10. The Morgan fingerprint density at radius 2 is 1.86 bits per heavy atom. The van der Waals surface area contributed by atoms with Gasteiger partial charge in [0.25, 0.3) is 0 Å². The molecular formula is C18H13FN2. The molecule has 0 bridgehead atoms. The lowest BCUT2D eigenvalue weighted by Gasteiger charge is -1.98. The van der Waals surface area contributed by atoms with Crippen LogP contribution >= 0.6 is 0 Å². The van der Waals surface area contributed by atoms with E-state index in [-0.39, 0.29) is 5.82 Å². The molecule has 0 unspecified atom stereocenters. The van der Waals surface area contributed by atoms with Gasteiger partial charge in [0.1, 0.15) is 5.82 Å². The Balaban J connectivity index is 2.15. The Labute approximate surface area is 122 Å². The van der Waals surface area contributed by atoms with Crippen LogP contribution in [0.1, 0.15) is 11.1 Å². The molecule has 0 spiro atoms. The summed E-state index contributed by atoms with van der Waals surface area (Å²) in [7, 11) is 1.96. The lowest BCUT2D eigenvalue weighted by Crippen LogP contribution is -1.83. The summed E-state index contributed by atoms with van der Waals surface area (Å²) < 4.78 is 15.0. The maximum Gasteiger partial charge on any atom is 0.123 e. The second-order valence-electron chi connectivity index (χ2n) is 4.89. The zero-order valence-corrected chi connectivity index (χ0v) is 11.5. The van der Waals surface area contributed by atoms with E-state index in [0.717, 1.165) is 22.0 Å². The first-order valence-corrected chi connectivity index (χ1v) is 6.61. The summed E-state index contributed by atoms with van der Waals surface area (Å²) in [6, 6.07) is 16.3. The van der Waals surface area contributed by atoms with Gasteiger partial charge >= 0.3 is 0 Å². The number of benzene rings is 2. The van der Waals surface area contributed by atoms with Crippen molar-refractivity contribution in [2.75, 3.05) is 0 Å². The highest BCUT2D eigenvalue weighted by molar-refractivity contribution is 6.01. The summed E-state index contributed by atoms with van der Waals surface area (Å²) in [4.78, 5) is 0. The summed E-state index contributed by atoms with van der Waals surface area (Å²) in [5.74, 6) is -0.282. The summed E-state index contributed by atoms with van der Waals surface area (Å²) in [5.41, 5.74) is 3.34. The van der Waals surface area contributed by atoms with Gasteiger partial charge in [-0.25, -0.2) is 4.39 Å². The smallest absolute Gasteiger partial charge is 0.123 e. The third-order valence-electron chi connectivity index (χ3n) is 3.49. The first-order chi connectivity index (χ1) is 10.2. The fraction of sp³-hybridized carbons (Fsp3) is 0.0556. The number of nitriles is 1. The summed E-state index contributed by atoms with van der Waals surface area (Å²) >= 11 is 0. The van der Waals surface area contributed by atoms with Gasteiger partial charge in [-0.15, -0.1) is 0 Å². The van der Waals surface area contributed by atoms with Gasteiger partial charge in [-0.2, -0.15) is 5.26 Å². The predicted molar refractivity (Wildman–Crippen MR) is 82.8 cm³/mol. The third kappa shape index (κ3) is 2.44. The molecular weight excluding hydrogens is 263 g/mol. The standard InChI is InChI=1S/C18H13FN2/c1-21-12-17(16-4-2-3-5-18(16)21)14(11-20)10-13-6-8-15(19)9-7-13/h2-10,12H,1H3/b14-10+. The van der Waals surface area contributed by atoms with Crippen LogP contribution in [-0.2, 0) is 7.05 Å². The molecule has 21 heavy (non-hydrogen) atoms. The van der Waals surface area contributed by atoms with Crippen LogP contribution in [-0.4, -0.2) is 4.57 Å². The van der Waals surface area contributed by atoms with Crippen LogP contribution in [0.25, 0.3) is 22.6 Å². The van der Waals surface area contributed by atoms with E-state index in [2.05, 4.69) is 6.07 Å². The molecule has 0 radical (unpaired) electrons. The van der Waals surface area contributed by atoms with Crippen molar-refractivity contribution in [2.24, 2.45) is 7.05 Å². The maximum atomic E-state index is 13.0. The lowest BCUT2D eigenvalue weighted by atomic mass is 10.0. The van der Waals surface area contributed by atoms with Crippen molar-refractivity contribution in [1.82, 2.24) is 4.57 Å². The molecule has 2 nitrogen and oxygen atoms in total. The molecule has 0 aliphatic heterocycles. The maximum absolute atomic E-state index is 13.0. The molecule has 0 N–H and O–H groups in total. The van der Waals surface area contributed by atoms with Gasteiger partial charge in [-0.1, -0.05) is 30.3 Å². The molecule has 3 aromatic rings. The number of hydrogen-bond donors (Lipinski definition) is 0. The molecule has 0 aliphatic rings. The molecule has 3 heteroatoms. The van der Waals surface area contributed by atoms with E-state index in [0.29, 0.717) is 5.57 Å². The fourth-order valence-electron chi connectivity index (χ4n) is 2.45. The van der Waals surface area contributed by atoms with Crippen molar-refractivity contribution in [3.8, 4) is 6.07 Å². The van der Waals surface area contributed by atoms with Gasteiger partial charge in [-0.05, 0) is 29.8 Å². The van der Waals surface area contributed by atoms with Crippen LogP contribution in [0.5, 0.6) is 0 Å². The number of rotatable bonds is 2. The van der Waals surface area contributed by atoms with Gasteiger partial charge in [0, 0.05) is 29.7 Å². The monoisotopic (exact) mass is 276 g/mol. The summed E-state index contributed by atoms with van der Waals surface area (Å²) in [6.07, 6.45) is 3.73. The quantitative estimate of drug-likeness (QED) is 0.638. The van der Waals surface area contributed by atoms with E-state index in [1.54, 1.807) is 18.2 Å². The number of nitrogens with zero attached hydrogens (tertiary/aromatic N) is 2. The number of halogens is 1. The van der Waals surface area contributed by atoms with Gasteiger partial charge in [0.15, 0.2) is 0 Å². The molecule has 0 fully saturated rings. The number of aromatic nitrogens is 1. The molecule has 0 saturated heterocycles. The van der Waals surface area contributed by atoms with Gasteiger partial charge in [-0.3, -0.25) is 0 Å². The van der Waals surface area contributed by atoms with Crippen molar-refractivity contribution in [3.63, 3.8) is 0 Å². The molecule has 0 atom stereocenters. The number of para-hydroxylation sites is 1. The molecule has 0 saturated carbocycles. The van der Waals surface area contributed by atoms with E-state index >= 15 is 0 Å². The van der Waals surface area contributed by atoms with Gasteiger partial charge in [0.2, 0.25) is 0 Å². The SMILES string of the molecule is Cn1cc(/C(C#N)=C/c2ccc(F)cc2)c2ccccc21. The van der Waals surface area contributed by atoms with Crippen molar-refractivity contribution in [3.05, 3.63) is 71.7 Å². The minimum absolute atomic E-state index is 0.282. The third-order valence-corrected chi connectivity index (χ3v) is 3.49. The zero-order valence-electron chi connectivity index (χ0n) is 11.5. The predicted octanol–water partition coefficient (Wildman–Crippen LogP) is 4.38. The first kappa shape index (κ1) is 13.1. The first-order valence-electron chi connectivity index (χ1n) is 6.61. The van der Waals surface area contributed by atoms with Crippen molar-refractivity contribution in [2.45, 2.75) is 0 Å². The summed E-state index contributed by atoms with van der Waals surface area (Å²) in [5, 5.41) is 10.5. The van der Waals surface area contributed by atoms with Crippen LogP contribution in [0.4, 0.5) is 4.39 Å². The minimum Gasteiger partial charge on any atom is -0.350 e. The molecule has 2 aromatic carbocycles. The second kappa shape index (κ2) is 5.26. The normalized spacial score (nSPS) is 11.6. The summed E-state index contributed by atoms with van der Waals surface area (Å²) in [6.45, 7) is 0. The Bertz CT molecular complexity index is 864. The van der Waals surface area contributed by atoms with E-state index < -0.39 is 0 Å². The second-order valence-corrected chi connectivity index (χ2v) is 4.89. The molecule has 0 amide bonds. The number of aryl methyl sites for hydroxylation is 1. The van der Waals surface area contributed by atoms with Crippen LogP contribution < -0.4 is 0 Å². The van der Waals surface area contributed by atoms with Crippen LogP contribution in [0.2, 0.25) is 0 Å². The Morgan fingerprint density at radius 3 is 2.57 bits per heavy atom. The molecule has 3 rings (SSSR count). The van der Waals surface area contributed by atoms with E-state index in [1.807, 2.05) is 42.1 Å². The topological polar surface area (TPSA) is 28.7 Å². The zero-order chi connectivity index (χ0) is 14.8. The molecule has 1 heterocycles. The largest absolute Gasteiger partial charge is 0.350 e. The molecule has 0 aliphatic carbocycles. The van der Waals surface area contributed by atoms with Crippen molar-refractivity contribution in [1.29, 1.82) is 5.26 Å². The van der Waals surface area contributed by atoms with Gasteiger partial charge < -0.3 is 4.57 Å². The lowest BCUT2D eigenvalue weighted by molar-refractivity contribution is 0.628. The highest BCUT2D eigenvalue weighted by atomic mass is 19.1. The van der Waals surface area contributed by atoms with Crippen molar-refractivity contribution >= 4 is 22.6 Å². The average Bonchev–Trinajstić information content (AvgIpc) is 2.84. The van der Waals surface area contributed by atoms with Crippen LogP contribution in [0.3, 0.4) is 0 Å². The van der Waals surface area contributed by atoms with Crippen LogP contribution in [0, 0.1) is 17.1 Å². The van der Waals surface area contributed by atoms with Crippen molar-refractivity contribution < 1.29 is 4.39 Å². The molecule has 1 aromatic heterocycles. The fourth-order valence-corrected chi connectivity index (χ4v) is 2.45. The number of fused-ring (bicyclic) bond motifs is 1.